The van der Waals surface area contributed by atoms with Crippen molar-refractivity contribution in [3.63, 3.8) is 0 Å². The molecule has 0 unspecified atom stereocenters. The van der Waals surface area contributed by atoms with E-state index in [1.165, 1.54) is 12.1 Å². The zero-order chi connectivity index (χ0) is 16.2. The Morgan fingerprint density at radius 1 is 1.12 bits per heavy atom. The molecule has 1 aliphatic rings. The highest BCUT2D eigenvalue weighted by Crippen LogP contribution is 2.30. The molecule has 24 heavy (non-hydrogen) atoms. The van der Waals surface area contributed by atoms with Crippen LogP contribution in [-0.4, -0.2) is 43.6 Å². The molecule has 140 valence electrons. The zero-order valence-electron chi connectivity index (χ0n) is 13.2. The highest BCUT2D eigenvalue weighted by Gasteiger charge is 2.43. The van der Waals surface area contributed by atoms with E-state index in [1.807, 2.05) is 0 Å². The van der Waals surface area contributed by atoms with Crippen molar-refractivity contribution in [3.05, 3.63) is 29.8 Å². The van der Waals surface area contributed by atoms with Crippen LogP contribution in [-0.2, 0) is 0 Å². The van der Waals surface area contributed by atoms with Crippen LogP contribution in [0.2, 0.25) is 0 Å². The number of hydrogen-bond acceptors (Lipinski definition) is 3. The van der Waals surface area contributed by atoms with Gasteiger partial charge in [-0.25, -0.2) is 0 Å². The predicted molar refractivity (Wildman–Crippen MR) is 90.0 cm³/mol. The van der Waals surface area contributed by atoms with E-state index in [0.29, 0.717) is 0 Å². The Labute approximate surface area is 151 Å². The fourth-order valence-corrected chi connectivity index (χ4v) is 2.66. The largest absolute Gasteiger partial charge is 0.461 e. The second-order valence-corrected chi connectivity index (χ2v) is 5.24. The molecule has 0 aliphatic carbocycles. The molecule has 1 atom stereocenters. The lowest BCUT2D eigenvalue weighted by Crippen LogP contribution is -2.45. The molecule has 1 heterocycles. The molecular formula is C15H22Cl2F4N2O. The van der Waals surface area contributed by atoms with Crippen LogP contribution in [0.5, 0.6) is 5.75 Å². The van der Waals surface area contributed by atoms with Crippen LogP contribution in [0.15, 0.2) is 24.3 Å². The molecule has 1 fully saturated rings. The monoisotopic (exact) mass is 392 g/mol. The first-order chi connectivity index (χ1) is 10.4. The third kappa shape index (κ3) is 5.95. The molecule has 0 saturated carbocycles. The summed E-state index contributed by atoms with van der Waals surface area (Å²) in [7, 11) is 0. The number of halogens is 6. The summed E-state index contributed by atoms with van der Waals surface area (Å²) >= 11 is 0. The Bertz CT molecular complexity index is 471. The van der Waals surface area contributed by atoms with E-state index in [4.69, 9.17) is 0 Å². The maximum atomic E-state index is 12.9. The van der Waals surface area contributed by atoms with Gasteiger partial charge in [0.15, 0.2) is 0 Å². The van der Waals surface area contributed by atoms with Gasteiger partial charge in [0.25, 0.3) is 0 Å². The third-order valence-corrected chi connectivity index (χ3v) is 3.75. The molecule has 0 radical (unpaired) electrons. The van der Waals surface area contributed by atoms with Crippen molar-refractivity contribution in [2.75, 3.05) is 26.2 Å². The van der Waals surface area contributed by atoms with Crippen molar-refractivity contribution < 1.29 is 22.3 Å². The standard InChI is InChI=1S/C15H20F4N2O.2ClH/c1-2-13(21-9-7-20-8-10-21)11-3-5-12(6-4-11)22-15(18,19)14(16)17;;/h3-6,13-14,20H,2,7-10H2,1H3;2*1H/t13-;;/m1../s1. The molecule has 0 amide bonds. The average molecular weight is 393 g/mol. The number of benzene rings is 1. The van der Waals surface area contributed by atoms with E-state index < -0.39 is 12.5 Å². The first-order valence-corrected chi connectivity index (χ1v) is 7.33. The third-order valence-electron chi connectivity index (χ3n) is 3.75. The van der Waals surface area contributed by atoms with Crippen LogP contribution in [0.25, 0.3) is 0 Å². The SMILES string of the molecule is CC[C@H](c1ccc(OC(F)(F)C(F)F)cc1)N1CCNCC1.Cl.Cl. The highest BCUT2D eigenvalue weighted by atomic mass is 35.5. The topological polar surface area (TPSA) is 24.5 Å². The summed E-state index contributed by atoms with van der Waals surface area (Å²) in [6.07, 6.45) is -7.44. The number of nitrogens with zero attached hydrogens (tertiary/aromatic N) is 1. The van der Waals surface area contributed by atoms with E-state index in [9.17, 15) is 17.6 Å². The molecule has 0 bridgehead atoms. The van der Waals surface area contributed by atoms with Gasteiger partial charge >= 0.3 is 12.5 Å². The van der Waals surface area contributed by atoms with Crippen molar-refractivity contribution in [2.24, 2.45) is 0 Å². The van der Waals surface area contributed by atoms with Gasteiger partial charge in [0, 0.05) is 32.2 Å². The van der Waals surface area contributed by atoms with Gasteiger partial charge in [-0.1, -0.05) is 19.1 Å². The molecule has 1 aromatic rings. The fourth-order valence-electron chi connectivity index (χ4n) is 2.66. The zero-order valence-corrected chi connectivity index (χ0v) is 14.8. The first kappa shape index (κ1) is 23.2. The van der Waals surface area contributed by atoms with Crippen LogP contribution in [0.1, 0.15) is 24.9 Å². The van der Waals surface area contributed by atoms with Crippen molar-refractivity contribution in [1.29, 1.82) is 0 Å². The lowest BCUT2D eigenvalue weighted by Gasteiger charge is -2.34. The minimum atomic E-state index is -4.47. The molecule has 9 heteroatoms. The molecule has 2 rings (SSSR count). The van der Waals surface area contributed by atoms with Gasteiger partial charge < -0.3 is 10.1 Å². The Morgan fingerprint density at radius 2 is 1.67 bits per heavy atom. The van der Waals surface area contributed by atoms with Gasteiger partial charge in [0.2, 0.25) is 0 Å². The lowest BCUT2D eigenvalue weighted by molar-refractivity contribution is -0.253. The average Bonchev–Trinajstić information content (AvgIpc) is 2.50. The highest BCUT2D eigenvalue weighted by molar-refractivity contribution is 5.85. The number of hydrogen-bond donors (Lipinski definition) is 1. The molecular weight excluding hydrogens is 371 g/mol. The molecule has 3 nitrogen and oxygen atoms in total. The molecule has 1 aliphatic heterocycles. The van der Waals surface area contributed by atoms with E-state index in [1.54, 1.807) is 12.1 Å². The van der Waals surface area contributed by atoms with Crippen molar-refractivity contribution in [1.82, 2.24) is 10.2 Å². The molecule has 1 saturated heterocycles. The summed E-state index contributed by atoms with van der Waals surface area (Å²) < 4.78 is 54.0. The van der Waals surface area contributed by atoms with Gasteiger partial charge in [0.05, 0.1) is 0 Å². The molecule has 0 aromatic heterocycles. The second-order valence-electron chi connectivity index (χ2n) is 5.24. The maximum absolute atomic E-state index is 12.9. The van der Waals surface area contributed by atoms with E-state index in [-0.39, 0.29) is 36.6 Å². The first-order valence-electron chi connectivity index (χ1n) is 7.33. The van der Waals surface area contributed by atoms with Crippen molar-refractivity contribution >= 4 is 24.8 Å². The summed E-state index contributed by atoms with van der Waals surface area (Å²) in [5.41, 5.74) is 0.970. The number of rotatable bonds is 6. The normalized spacial score (nSPS) is 16.9. The van der Waals surface area contributed by atoms with Gasteiger partial charge in [-0.3, -0.25) is 4.90 Å². The summed E-state index contributed by atoms with van der Waals surface area (Å²) in [5, 5.41) is 3.27. The summed E-state index contributed by atoms with van der Waals surface area (Å²) in [4.78, 5) is 2.32. The van der Waals surface area contributed by atoms with Crippen LogP contribution in [0, 0.1) is 0 Å². The predicted octanol–water partition coefficient (Wildman–Crippen LogP) is 4.12. The maximum Gasteiger partial charge on any atom is 0.461 e. The van der Waals surface area contributed by atoms with E-state index >= 15 is 0 Å². The van der Waals surface area contributed by atoms with Gasteiger partial charge in [-0.2, -0.15) is 17.6 Å². The van der Waals surface area contributed by atoms with Crippen LogP contribution in [0.3, 0.4) is 0 Å². The number of ether oxygens (including phenoxy) is 1. The van der Waals surface area contributed by atoms with Crippen LogP contribution in [0.4, 0.5) is 17.6 Å². The van der Waals surface area contributed by atoms with Crippen LogP contribution < -0.4 is 10.1 Å². The molecule has 1 aromatic carbocycles. The Hall–Kier alpha value is -0.760. The smallest absolute Gasteiger partial charge is 0.428 e. The number of alkyl halides is 4. The Morgan fingerprint density at radius 3 is 2.12 bits per heavy atom. The second kappa shape index (κ2) is 10.3. The van der Waals surface area contributed by atoms with Crippen LogP contribution >= 0.6 is 24.8 Å². The number of nitrogens with one attached hydrogen (secondary N) is 1. The lowest BCUT2D eigenvalue weighted by atomic mass is 10.0. The quantitative estimate of drug-likeness (QED) is 0.736. The summed E-state index contributed by atoms with van der Waals surface area (Å²) in [6, 6.07) is 6.14. The van der Waals surface area contributed by atoms with E-state index in [0.717, 1.165) is 38.2 Å². The van der Waals surface area contributed by atoms with Crippen molar-refractivity contribution in [3.8, 4) is 5.75 Å². The number of piperazine rings is 1. The fraction of sp³-hybridized carbons (Fsp3) is 0.600. The van der Waals surface area contributed by atoms with Crippen molar-refractivity contribution in [2.45, 2.75) is 31.9 Å². The van der Waals surface area contributed by atoms with E-state index in [2.05, 4.69) is 21.9 Å². The summed E-state index contributed by atoms with van der Waals surface area (Å²) in [6.45, 7) is 5.72. The minimum absolute atomic E-state index is 0. The van der Waals surface area contributed by atoms with Gasteiger partial charge in [0.1, 0.15) is 5.75 Å². The Balaban J connectivity index is 0.00000264. The van der Waals surface area contributed by atoms with Gasteiger partial charge in [-0.15, -0.1) is 24.8 Å². The minimum Gasteiger partial charge on any atom is -0.428 e. The van der Waals surface area contributed by atoms with Gasteiger partial charge in [-0.05, 0) is 24.1 Å². The molecule has 0 spiro atoms. The Kier molecular flexibility index (Phi) is 9.96. The molecule has 1 N–H and O–H groups in total. The summed E-state index contributed by atoms with van der Waals surface area (Å²) in [5.74, 6) is -0.260.